The van der Waals surface area contributed by atoms with E-state index in [9.17, 15) is 9.59 Å². The molecule has 2 unspecified atom stereocenters. The standard InChI is InChI=1S/C15H19NO5/c1-9(21-12-7-5-11(20-2)6-8-12)14(17)16-13(15(18)19)10-3-4-10/h5-10,13H,3-4H2,1-2H3,(H,16,17)(H,18,19). The number of hydrogen-bond donors (Lipinski definition) is 2. The van der Waals surface area contributed by atoms with Crippen molar-refractivity contribution >= 4 is 11.9 Å². The Morgan fingerprint density at radius 1 is 1.24 bits per heavy atom. The van der Waals surface area contributed by atoms with Crippen LogP contribution >= 0.6 is 0 Å². The first-order valence-electron chi connectivity index (χ1n) is 6.85. The molecule has 6 heteroatoms. The zero-order valence-electron chi connectivity index (χ0n) is 12.0. The third-order valence-corrected chi connectivity index (χ3v) is 3.40. The smallest absolute Gasteiger partial charge is 0.326 e. The van der Waals surface area contributed by atoms with Crippen molar-refractivity contribution in [3.8, 4) is 11.5 Å². The Hall–Kier alpha value is -2.24. The highest BCUT2D eigenvalue weighted by atomic mass is 16.5. The second-order valence-electron chi connectivity index (χ2n) is 5.10. The fourth-order valence-corrected chi connectivity index (χ4v) is 1.99. The number of hydrogen-bond acceptors (Lipinski definition) is 4. The van der Waals surface area contributed by atoms with Gasteiger partial charge in [-0.3, -0.25) is 4.79 Å². The van der Waals surface area contributed by atoms with E-state index in [0.717, 1.165) is 12.8 Å². The van der Waals surface area contributed by atoms with Gasteiger partial charge in [0.1, 0.15) is 17.5 Å². The van der Waals surface area contributed by atoms with Crippen LogP contribution in [0.5, 0.6) is 11.5 Å². The van der Waals surface area contributed by atoms with E-state index in [0.29, 0.717) is 11.5 Å². The number of carboxylic acid groups (broad SMARTS) is 1. The quantitative estimate of drug-likeness (QED) is 0.794. The molecule has 0 aromatic heterocycles. The molecule has 1 saturated carbocycles. The normalized spacial score (nSPS) is 16.7. The summed E-state index contributed by atoms with van der Waals surface area (Å²) in [6, 6.07) is 6.02. The maximum absolute atomic E-state index is 12.0. The minimum atomic E-state index is -0.998. The van der Waals surface area contributed by atoms with Gasteiger partial charge in [0.2, 0.25) is 0 Å². The van der Waals surface area contributed by atoms with E-state index in [1.54, 1.807) is 38.3 Å². The number of benzene rings is 1. The summed E-state index contributed by atoms with van der Waals surface area (Å²) in [6.45, 7) is 1.59. The average Bonchev–Trinajstić information content (AvgIpc) is 3.29. The number of rotatable bonds is 7. The van der Waals surface area contributed by atoms with E-state index in [2.05, 4.69) is 5.32 Å². The molecule has 1 aliphatic carbocycles. The van der Waals surface area contributed by atoms with Gasteiger partial charge in [-0.25, -0.2) is 4.79 Å². The number of nitrogens with one attached hydrogen (secondary N) is 1. The lowest BCUT2D eigenvalue weighted by Crippen LogP contribution is -2.47. The second-order valence-corrected chi connectivity index (χ2v) is 5.10. The van der Waals surface area contributed by atoms with Crippen LogP contribution < -0.4 is 14.8 Å². The molecule has 2 N–H and O–H groups in total. The number of carboxylic acids is 1. The summed E-state index contributed by atoms with van der Waals surface area (Å²) in [7, 11) is 1.57. The minimum absolute atomic E-state index is 0.0413. The topological polar surface area (TPSA) is 84.9 Å². The van der Waals surface area contributed by atoms with Crippen molar-refractivity contribution in [1.82, 2.24) is 5.32 Å². The van der Waals surface area contributed by atoms with Crippen LogP contribution in [0, 0.1) is 5.92 Å². The van der Waals surface area contributed by atoms with E-state index in [4.69, 9.17) is 14.6 Å². The largest absolute Gasteiger partial charge is 0.497 e. The lowest BCUT2D eigenvalue weighted by molar-refractivity contribution is -0.143. The highest BCUT2D eigenvalue weighted by Crippen LogP contribution is 2.32. The highest BCUT2D eigenvalue weighted by molar-refractivity contribution is 5.86. The minimum Gasteiger partial charge on any atom is -0.497 e. The molecule has 0 heterocycles. The van der Waals surface area contributed by atoms with Crippen LogP contribution in [0.4, 0.5) is 0 Å². The highest BCUT2D eigenvalue weighted by Gasteiger charge is 2.38. The van der Waals surface area contributed by atoms with E-state index in [1.165, 1.54) is 0 Å². The lowest BCUT2D eigenvalue weighted by Gasteiger charge is -2.18. The molecule has 0 radical (unpaired) electrons. The van der Waals surface area contributed by atoms with Crippen molar-refractivity contribution in [2.45, 2.75) is 31.9 Å². The Kier molecular flexibility index (Phi) is 4.67. The zero-order valence-corrected chi connectivity index (χ0v) is 12.0. The Labute approximate surface area is 123 Å². The van der Waals surface area contributed by atoms with E-state index in [-0.39, 0.29) is 5.92 Å². The molecule has 0 aliphatic heterocycles. The van der Waals surface area contributed by atoms with E-state index >= 15 is 0 Å². The van der Waals surface area contributed by atoms with Gasteiger partial charge in [-0.15, -0.1) is 0 Å². The van der Waals surface area contributed by atoms with Gasteiger partial charge in [0.05, 0.1) is 7.11 Å². The van der Waals surface area contributed by atoms with Crippen LogP contribution in [-0.4, -0.2) is 36.2 Å². The summed E-state index contributed by atoms with van der Waals surface area (Å²) in [4.78, 5) is 23.1. The molecule has 1 amide bonds. The summed E-state index contributed by atoms with van der Waals surface area (Å²) >= 11 is 0. The Morgan fingerprint density at radius 3 is 2.29 bits per heavy atom. The van der Waals surface area contributed by atoms with E-state index < -0.39 is 24.0 Å². The molecule has 2 rings (SSSR count). The first-order valence-corrected chi connectivity index (χ1v) is 6.85. The van der Waals surface area contributed by atoms with Gasteiger partial charge in [0.25, 0.3) is 5.91 Å². The van der Waals surface area contributed by atoms with Crippen molar-refractivity contribution in [3.05, 3.63) is 24.3 Å². The molecule has 114 valence electrons. The van der Waals surface area contributed by atoms with Crippen LogP contribution in [0.2, 0.25) is 0 Å². The first kappa shape index (κ1) is 15.2. The van der Waals surface area contributed by atoms with Crippen molar-refractivity contribution in [2.75, 3.05) is 7.11 Å². The van der Waals surface area contributed by atoms with Gasteiger partial charge >= 0.3 is 5.97 Å². The third kappa shape index (κ3) is 4.11. The lowest BCUT2D eigenvalue weighted by atomic mass is 10.2. The van der Waals surface area contributed by atoms with Gasteiger partial charge in [0.15, 0.2) is 6.10 Å². The van der Waals surface area contributed by atoms with Gasteiger partial charge < -0.3 is 19.9 Å². The molecule has 21 heavy (non-hydrogen) atoms. The maximum atomic E-state index is 12.0. The molecular weight excluding hydrogens is 274 g/mol. The monoisotopic (exact) mass is 293 g/mol. The van der Waals surface area contributed by atoms with Crippen LogP contribution in [0.25, 0.3) is 0 Å². The van der Waals surface area contributed by atoms with Gasteiger partial charge in [-0.1, -0.05) is 0 Å². The predicted octanol–water partition coefficient (Wildman–Crippen LogP) is 1.44. The van der Waals surface area contributed by atoms with Crippen molar-refractivity contribution in [3.63, 3.8) is 0 Å². The first-order chi connectivity index (χ1) is 10.0. The molecule has 6 nitrogen and oxygen atoms in total. The van der Waals surface area contributed by atoms with Gasteiger partial charge in [0, 0.05) is 0 Å². The van der Waals surface area contributed by atoms with Gasteiger partial charge in [-0.05, 0) is 49.9 Å². The van der Waals surface area contributed by atoms with Crippen LogP contribution in [-0.2, 0) is 9.59 Å². The average molecular weight is 293 g/mol. The fraction of sp³-hybridized carbons (Fsp3) is 0.467. The fourth-order valence-electron chi connectivity index (χ4n) is 1.99. The molecule has 1 aromatic carbocycles. The third-order valence-electron chi connectivity index (χ3n) is 3.40. The summed E-state index contributed by atoms with van der Waals surface area (Å²) < 4.78 is 10.5. The van der Waals surface area contributed by atoms with Crippen molar-refractivity contribution < 1.29 is 24.2 Å². The molecule has 0 spiro atoms. The number of aliphatic carboxylic acids is 1. The molecule has 1 aliphatic rings. The second kappa shape index (κ2) is 6.47. The van der Waals surface area contributed by atoms with Crippen LogP contribution in [0.1, 0.15) is 19.8 Å². The Balaban J connectivity index is 1.90. The van der Waals surface area contributed by atoms with Crippen molar-refractivity contribution in [1.29, 1.82) is 0 Å². The molecular formula is C15H19NO5. The number of amides is 1. The van der Waals surface area contributed by atoms with Crippen LogP contribution in [0.3, 0.4) is 0 Å². The molecule has 2 atom stereocenters. The number of methoxy groups -OCH3 is 1. The molecule has 0 saturated heterocycles. The number of ether oxygens (including phenoxy) is 2. The zero-order chi connectivity index (χ0) is 15.4. The summed E-state index contributed by atoms with van der Waals surface area (Å²) in [6.07, 6.45) is 0.912. The van der Waals surface area contributed by atoms with E-state index in [1.807, 2.05) is 0 Å². The van der Waals surface area contributed by atoms with Crippen molar-refractivity contribution in [2.24, 2.45) is 5.92 Å². The number of carbonyl (C=O) groups excluding carboxylic acids is 1. The Morgan fingerprint density at radius 2 is 1.81 bits per heavy atom. The molecule has 0 bridgehead atoms. The Bertz CT molecular complexity index is 509. The summed E-state index contributed by atoms with van der Waals surface area (Å²) in [5.41, 5.74) is 0. The SMILES string of the molecule is COc1ccc(OC(C)C(=O)NC(C(=O)O)C2CC2)cc1. The predicted molar refractivity (Wildman–Crippen MR) is 75.4 cm³/mol. The molecule has 1 fully saturated rings. The molecule has 1 aromatic rings. The van der Waals surface area contributed by atoms with Gasteiger partial charge in [-0.2, -0.15) is 0 Å². The van der Waals surface area contributed by atoms with Crippen LogP contribution in [0.15, 0.2) is 24.3 Å². The summed E-state index contributed by atoms with van der Waals surface area (Å²) in [5, 5.41) is 11.6. The summed E-state index contributed by atoms with van der Waals surface area (Å²) in [5.74, 6) is -0.164. The number of carbonyl (C=O) groups is 2. The maximum Gasteiger partial charge on any atom is 0.326 e.